The van der Waals surface area contributed by atoms with Crippen molar-refractivity contribution >= 4 is 13.3 Å². The van der Waals surface area contributed by atoms with E-state index in [9.17, 15) is 0 Å². The zero-order valence-electron chi connectivity index (χ0n) is 14.8. The van der Waals surface area contributed by atoms with E-state index in [0.29, 0.717) is 0 Å². The fourth-order valence-electron chi connectivity index (χ4n) is 4.71. The van der Waals surface area contributed by atoms with Gasteiger partial charge in [-0.2, -0.15) is 0 Å². The van der Waals surface area contributed by atoms with Crippen LogP contribution in [0.5, 0.6) is 0 Å². The highest BCUT2D eigenvalue weighted by atomic mass is 14.5. The third-order valence-corrected chi connectivity index (χ3v) is 5.68. The van der Waals surface area contributed by atoms with Crippen LogP contribution in [0.3, 0.4) is 0 Å². The van der Waals surface area contributed by atoms with Crippen molar-refractivity contribution in [3.8, 4) is 11.1 Å². The summed E-state index contributed by atoms with van der Waals surface area (Å²) < 4.78 is 0. The van der Waals surface area contributed by atoms with Crippen LogP contribution in [0.2, 0.25) is 0 Å². The predicted octanol–water partition coefficient (Wildman–Crippen LogP) is 4.31. The first-order chi connectivity index (χ1) is 12.8. The van der Waals surface area contributed by atoms with E-state index < -0.39 is 0 Å². The van der Waals surface area contributed by atoms with Crippen molar-refractivity contribution in [2.45, 2.75) is 5.41 Å². The number of fused-ring (bicyclic) bond motifs is 3. The molecule has 4 aromatic carbocycles. The van der Waals surface area contributed by atoms with Crippen LogP contribution in [0.25, 0.3) is 11.1 Å². The third-order valence-electron chi connectivity index (χ3n) is 5.68. The monoisotopic (exact) mass is 330 g/mol. The van der Waals surface area contributed by atoms with Gasteiger partial charge in [-0.25, -0.2) is 0 Å². The SMILES string of the molecule is Bc1cccc2c1C(c1ccccc1)(c1ccccc1)c1ccccc1-2. The van der Waals surface area contributed by atoms with Crippen molar-refractivity contribution in [3.63, 3.8) is 0 Å². The Bertz CT molecular complexity index is 1040. The summed E-state index contributed by atoms with van der Waals surface area (Å²) in [4.78, 5) is 0. The lowest BCUT2D eigenvalue weighted by Gasteiger charge is -2.35. The van der Waals surface area contributed by atoms with E-state index in [2.05, 4.69) is 111 Å². The molecule has 1 heteroatoms. The Morgan fingerprint density at radius 2 is 1.04 bits per heavy atom. The molecule has 0 nitrogen and oxygen atoms in total. The summed E-state index contributed by atoms with van der Waals surface area (Å²) >= 11 is 0. The normalized spacial score (nSPS) is 13.8. The van der Waals surface area contributed by atoms with E-state index in [1.54, 1.807) is 0 Å². The Hall–Kier alpha value is -3.06. The van der Waals surface area contributed by atoms with Crippen LogP contribution in [-0.2, 0) is 5.41 Å². The standard InChI is InChI=1S/C25H19B/c26-23-17-9-15-21-20-14-7-8-16-22(20)25(24(21)23,18-10-3-1-4-11-18)19-12-5-2-6-13-19/h1-17H,26H2. The molecular formula is C25H19B. The minimum absolute atomic E-state index is 0.264. The van der Waals surface area contributed by atoms with Crippen LogP contribution >= 0.6 is 0 Å². The summed E-state index contributed by atoms with van der Waals surface area (Å²) in [6.45, 7) is 0. The Labute approximate surface area is 155 Å². The van der Waals surface area contributed by atoms with Crippen LogP contribution in [-0.4, -0.2) is 7.85 Å². The van der Waals surface area contributed by atoms with Crippen molar-refractivity contribution in [2.75, 3.05) is 0 Å². The lowest BCUT2D eigenvalue weighted by Crippen LogP contribution is -2.33. The highest BCUT2D eigenvalue weighted by molar-refractivity contribution is 6.34. The molecular weight excluding hydrogens is 311 g/mol. The van der Waals surface area contributed by atoms with Crippen molar-refractivity contribution in [1.29, 1.82) is 0 Å². The van der Waals surface area contributed by atoms with Crippen LogP contribution in [0.15, 0.2) is 103 Å². The van der Waals surface area contributed by atoms with E-state index in [1.807, 2.05) is 0 Å². The van der Waals surface area contributed by atoms with E-state index in [1.165, 1.54) is 38.8 Å². The average Bonchev–Trinajstić information content (AvgIpc) is 3.02. The van der Waals surface area contributed by atoms with Gasteiger partial charge in [-0.3, -0.25) is 0 Å². The fraction of sp³-hybridized carbons (Fsp3) is 0.0400. The van der Waals surface area contributed by atoms with Gasteiger partial charge in [0.05, 0.1) is 5.41 Å². The maximum Gasteiger partial charge on any atom is 0.139 e. The van der Waals surface area contributed by atoms with Crippen molar-refractivity contribution in [1.82, 2.24) is 0 Å². The summed E-state index contributed by atoms with van der Waals surface area (Å²) in [6.07, 6.45) is 0. The van der Waals surface area contributed by atoms with Gasteiger partial charge < -0.3 is 0 Å². The molecule has 0 bridgehead atoms. The van der Waals surface area contributed by atoms with Crippen LogP contribution in [0.1, 0.15) is 22.3 Å². The van der Waals surface area contributed by atoms with E-state index in [-0.39, 0.29) is 5.41 Å². The zero-order valence-corrected chi connectivity index (χ0v) is 14.8. The molecule has 0 spiro atoms. The fourth-order valence-corrected chi connectivity index (χ4v) is 4.71. The molecule has 0 saturated carbocycles. The Morgan fingerprint density at radius 1 is 0.500 bits per heavy atom. The molecule has 4 aromatic rings. The molecule has 0 unspecified atom stereocenters. The second-order valence-corrected chi connectivity index (χ2v) is 7.03. The van der Waals surface area contributed by atoms with E-state index in [0.717, 1.165) is 0 Å². The molecule has 0 fully saturated rings. The van der Waals surface area contributed by atoms with Gasteiger partial charge in [-0.05, 0) is 33.4 Å². The topological polar surface area (TPSA) is 0 Å². The molecule has 0 aliphatic heterocycles. The molecule has 1 aliphatic rings. The van der Waals surface area contributed by atoms with E-state index >= 15 is 0 Å². The Morgan fingerprint density at radius 3 is 1.69 bits per heavy atom. The molecule has 26 heavy (non-hydrogen) atoms. The van der Waals surface area contributed by atoms with E-state index in [4.69, 9.17) is 0 Å². The molecule has 122 valence electrons. The Balaban J connectivity index is 2.01. The summed E-state index contributed by atoms with van der Waals surface area (Å²) in [5, 5.41) is 0. The van der Waals surface area contributed by atoms with Gasteiger partial charge in [0.2, 0.25) is 0 Å². The second kappa shape index (κ2) is 5.74. The number of hydrogen-bond acceptors (Lipinski definition) is 0. The smallest absolute Gasteiger partial charge is 0.0836 e. The molecule has 0 aromatic heterocycles. The summed E-state index contributed by atoms with van der Waals surface area (Å²) in [6, 6.07) is 37.5. The molecule has 0 N–H and O–H groups in total. The van der Waals surface area contributed by atoms with Gasteiger partial charge in [0.1, 0.15) is 7.85 Å². The van der Waals surface area contributed by atoms with Gasteiger partial charge in [-0.15, -0.1) is 0 Å². The predicted molar refractivity (Wildman–Crippen MR) is 112 cm³/mol. The first kappa shape index (κ1) is 15.2. The lowest BCUT2D eigenvalue weighted by atomic mass is 9.64. The molecule has 0 heterocycles. The number of benzene rings is 4. The highest BCUT2D eigenvalue weighted by Gasteiger charge is 2.46. The maximum atomic E-state index is 2.30. The minimum Gasteiger partial charge on any atom is -0.0836 e. The molecule has 0 radical (unpaired) electrons. The molecule has 1 aliphatic carbocycles. The zero-order chi connectivity index (χ0) is 17.6. The number of rotatable bonds is 2. The van der Waals surface area contributed by atoms with Crippen LogP contribution in [0.4, 0.5) is 0 Å². The molecule has 0 amide bonds. The van der Waals surface area contributed by atoms with Crippen LogP contribution in [0, 0.1) is 0 Å². The number of hydrogen-bond donors (Lipinski definition) is 0. The van der Waals surface area contributed by atoms with Gasteiger partial charge in [0.25, 0.3) is 0 Å². The minimum atomic E-state index is -0.264. The Kier molecular flexibility index (Phi) is 3.36. The molecule has 5 rings (SSSR count). The van der Waals surface area contributed by atoms with Crippen molar-refractivity contribution < 1.29 is 0 Å². The summed E-state index contributed by atoms with van der Waals surface area (Å²) in [5.74, 6) is 0. The first-order valence-corrected chi connectivity index (χ1v) is 9.14. The van der Waals surface area contributed by atoms with Gasteiger partial charge in [0.15, 0.2) is 0 Å². The second-order valence-electron chi connectivity index (χ2n) is 7.03. The summed E-state index contributed by atoms with van der Waals surface area (Å²) in [7, 11) is 2.24. The van der Waals surface area contributed by atoms with Gasteiger partial charge >= 0.3 is 0 Å². The van der Waals surface area contributed by atoms with Gasteiger partial charge in [-0.1, -0.05) is 109 Å². The molecule has 0 atom stereocenters. The lowest BCUT2D eigenvalue weighted by molar-refractivity contribution is 0.773. The largest absolute Gasteiger partial charge is 0.139 e. The van der Waals surface area contributed by atoms with Crippen LogP contribution < -0.4 is 5.46 Å². The molecule has 0 saturated heterocycles. The first-order valence-electron chi connectivity index (χ1n) is 9.14. The average molecular weight is 330 g/mol. The summed E-state index contributed by atoms with van der Waals surface area (Å²) in [5.41, 5.74) is 9.22. The van der Waals surface area contributed by atoms with Crippen molar-refractivity contribution in [3.05, 3.63) is 125 Å². The quantitative estimate of drug-likeness (QED) is 0.423. The van der Waals surface area contributed by atoms with Crippen molar-refractivity contribution in [2.24, 2.45) is 0 Å². The van der Waals surface area contributed by atoms with Gasteiger partial charge in [0, 0.05) is 0 Å². The highest BCUT2D eigenvalue weighted by Crippen LogP contribution is 2.55. The maximum absolute atomic E-state index is 2.30. The third kappa shape index (κ3) is 1.92.